The highest BCUT2D eigenvalue weighted by molar-refractivity contribution is 6.34. The molecule has 2 aliphatic rings. The van der Waals surface area contributed by atoms with Crippen molar-refractivity contribution in [2.45, 2.75) is 38.5 Å². The molecule has 0 bridgehead atoms. The fraction of sp³-hybridized carbons (Fsp3) is 0.348. The number of hydrogen-bond acceptors (Lipinski definition) is 3. The standard InChI is InChI=1S/C23H23ClN2O3/c1-14-5-12-21(28)26(13-14)16-8-6-15(7-9-16)17-3-2-4-18(22(17)24)19-10-11-20(27)25-23(19)29/h2-4,6-9,14,19H,5,10-13H2,1H3,(H,25,27,29). The van der Waals surface area contributed by atoms with Gasteiger partial charge in [0.15, 0.2) is 0 Å². The van der Waals surface area contributed by atoms with E-state index in [1.165, 1.54) is 0 Å². The number of amides is 3. The topological polar surface area (TPSA) is 66.5 Å². The fourth-order valence-electron chi connectivity index (χ4n) is 4.11. The number of nitrogens with zero attached hydrogens (tertiary/aromatic N) is 1. The van der Waals surface area contributed by atoms with Gasteiger partial charge in [0.1, 0.15) is 0 Å². The van der Waals surface area contributed by atoms with Crippen LogP contribution in [0.5, 0.6) is 0 Å². The quantitative estimate of drug-likeness (QED) is 0.767. The van der Waals surface area contributed by atoms with Crippen molar-refractivity contribution in [3.8, 4) is 11.1 Å². The highest BCUT2D eigenvalue weighted by Gasteiger charge is 2.30. The molecule has 2 fully saturated rings. The van der Waals surface area contributed by atoms with Crippen LogP contribution in [0.25, 0.3) is 11.1 Å². The molecular weight excluding hydrogens is 388 g/mol. The molecule has 0 radical (unpaired) electrons. The predicted molar refractivity (Wildman–Crippen MR) is 113 cm³/mol. The first kappa shape index (κ1) is 19.6. The molecule has 0 spiro atoms. The first-order valence-corrected chi connectivity index (χ1v) is 10.3. The van der Waals surface area contributed by atoms with Gasteiger partial charge in [0.2, 0.25) is 17.7 Å². The van der Waals surface area contributed by atoms with Gasteiger partial charge in [0.25, 0.3) is 0 Å². The van der Waals surface area contributed by atoms with Crippen LogP contribution in [0.1, 0.15) is 44.1 Å². The van der Waals surface area contributed by atoms with E-state index < -0.39 is 5.92 Å². The summed E-state index contributed by atoms with van der Waals surface area (Å²) in [5, 5.41) is 2.92. The maximum Gasteiger partial charge on any atom is 0.234 e. The van der Waals surface area contributed by atoms with Crippen LogP contribution < -0.4 is 10.2 Å². The molecule has 150 valence electrons. The Morgan fingerprint density at radius 2 is 1.76 bits per heavy atom. The average molecular weight is 411 g/mol. The van der Waals surface area contributed by atoms with Crippen LogP contribution in [0.2, 0.25) is 5.02 Å². The largest absolute Gasteiger partial charge is 0.312 e. The van der Waals surface area contributed by atoms with E-state index in [1.807, 2.05) is 47.4 Å². The second kappa shape index (κ2) is 7.99. The van der Waals surface area contributed by atoms with Crippen molar-refractivity contribution < 1.29 is 14.4 Å². The minimum absolute atomic E-state index is 0.161. The number of anilines is 1. The highest BCUT2D eigenvalue weighted by Crippen LogP contribution is 2.37. The average Bonchev–Trinajstić information content (AvgIpc) is 2.71. The summed E-state index contributed by atoms with van der Waals surface area (Å²) in [6, 6.07) is 13.4. The number of rotatable bonds is 3. The maximum atomic E-state index is 12.3. The van der Waals surface area contributed by atoms with Crippen molar-refractivity contribution in [2.75, 3.05) is 11.4 Å². The summed E-state index contributed by atoms with van der Waals surface area (Å²) in [6.07, 6.45) is 2.30. The number of benzene rings is 2. The summed E-state index contributed by atoms with van der Waals surface area (Å²) in [6.45, 7) is 2.90. The van der Waals surface area contributed by atoms with E-state index in [-0.39, 0.29) is 17.7 Å². The van der Waals surface area contributed by atoms with Gasteiger partial charge >= 0.3 is 0 Å². The number of imide groups is 1. The van der Waals surface area contributed by atoms with Crippen molar-refractivity contribution >= 4 is 35.0 Å². The zero-order valence-corrected chi connectivity index (χ0v) is 17.0. The molecule has 0 aliphatic carbocycles. The van der Waals surface area contributed by atoms with Crippen LogP contribution in [0.4, 0.5) is 5.69 Å². The van der Waals surface area contributed by atoms with Gasteiger partial charge in [0.05, 0.1) is 10.9 Å². The van der Waals surface area contributed by atoms with E-state index in [9.17, 15) is 14.4 Å². The summed E-state index contributed by atoms with van der Waals surface area (Å²) in [7, 11) is 0. The van der Waals surface area contributed by atoms with Crippen molar-refractivity contribution in [2.24, 2.45) is 5.92 Å². The summed E-state index contributed by atoms with van der Waals surface area (Å²) >= 11 is 6.68. The first-order valence-electron chi connectivity index (χ1n) is 9.97. The fourth-order valence-corrected chi connectivity index (χ4v) is 4.48. The highest BCUT2D eigenvalue weighted by atomic mass is 35.5. The smallest absolute Gasteiger partial charge is 0.234 e. The van der Waals surface area contributed by atoms with Gasteiger partial charge in [-0.2, -0.15) is 0 Å². The van der Waals surface area contributed by atoms with E-state index in [0.29, 0.717) is 30.2 Å². The van der Waals surface area contributed by atoms with Gasteiger partial charge < -0.3 is 4.90 Å². The lowest BCUT2D eigenvalue weighted by molar-refractivity contribution is -0.134. The Balaban J connectivity index is 1.61. The summed E-state index contributed by atoms with van der Waals surface area (Å²) in [5.41, 5.74) is 3.38. The molecule has 5 nitrogen and oxygen atoms in total. The lowest BCUT2D eigenvalue weighted by atomic mass is 9.88. The molecule has 2 heterocycles. The van der Waals surface area contributed by atoms with Crippen molar-refractivity contribution in [1.82, 2.24) is 5.32 Å². The minimum Gasteiger partial charge on any atom is -0.312 e. The molecule has 1 N–H and O–H groups in total. The van der Waals surface area contributed by atoms with E-state index in [0.717, 1.165) is 35.3 Å². The van der Waals surface area contributed by atoms with Crippen LogP contribution in [-0.4, -0.2) is 24.3 Å². The van der Waals surface area contributed by atoms with Crippen LogP contribution in [-0.2, 0) is 14.4 Å². The minimum atomic E-state index is -0.424. The molecule has 2 aromatic carbocycles. The molecule has 2 aliphatic heterocycles. The van der Waals surface area contributed by atoms with Crippen LogP contribution in [0.15, 0.2) is 42.5 Å². The number of nitrogens with one attached hydrogen (secondary N) is 1. The Kier molecular flexibility index (Phi) is 5.41. The van der Waals surface area contributed by atoms with Gasteiger partial charge in [-0.15, -0.1) is 0 Å². The van der Waals surface area contributed by atoms with Gasteiger partial charge in [-0.25, -0.2) is 0 Å². The van der Waals surface area contributed by atoms with E-state index in [2.05, 4.69) is 12.2 Å². The number of carbonyl (C=O) groups is 3. The number of piperidine rings is 2. The molecular formula is C23H23ClN2O3. The third-order valence-corrected chi connectivity index (χ3v) is 6.20. The third kappa shape index (κ3) is 3.92. The predicted octanol–water partition coefficient (Wildman–Crippen LogP) is 4.29. The lowest BCUT2D eigenvalue weighted by Crippen LogP contribution is -2.39. The second-order valence-electron chi connectivity index (χ2n) is 7.91. The van der Waals surface area contributed by atoms with Crippen LogP contribution in [0, 0.1) is 5.92 Å². The lowest BCUT2D eigenvalue weighted by Gasteiger charge is -2.31. The zero-order chi connectivity index (χ0) is 20.5. The Bertz CT molecular complexity index is 971. The van der Waals surface area contributed by atoms with Crippen molar-refractivity contribution in [1.29, 1.82) is 0 Å². The van der Waals surface area contributed by atoms with Crippen LogP contribution in [0.3, 0.4) is 0 Å². The molecule has 2 saturated heterocycles. The second-order valence-corrected chi connectivity index (χ2v) is 8.29. The third-order valence-electron chi connectivity index (χ3n) is 5.78. The van der Waals surface area contributed by atoms with Gasteiger partial charge in [-0.3, -0.25) is 19.7 Å². The molecule has 2 atom stereocenters. The number of halogens is 1. The van der Waals surface area contributed by atoms with E-state index in [4.69, 9.17) is 11.6 Å². The molecule has 0 saturated carbocycles. The molecule has 4 rings (SSSR count). The Labute approximate surface area is 175 Å². The molecule has 29 heavy (non-hydrogen) atoms. The molecule has 2 aromatic rings. The summed E-state index contributed by atoms with van der Waals surface area (Å²) in [5.74, 6) is -0.309. The van der Waals surface area contributed by atoms with Gasteiger partial charge in [0, 0.05) is 30.6 Å². The Morgan fingerprint density at radius 1 is 1.00 bits per heavy atom. The summed E-state index contributed by atoms with van der Waals surface area (Å²) in [4.78, 5) is 37.8. The van der Waals surface area contributed by atoms with Crippen molar-refractivity contribution in [3.63, 3.8) is 0 Å². The zero-order valence-electron chi connectivity index (χ0n) is 16.3. The Hall–Kier alpha value is -2.66. The number of carbonyl (C=O) groups excluding carboxylic acids is 3. The Morgan fingerprint density at radius 3 is 2.48 bits per heavy atom. The molecule has 6 heteroatoms. The SMILES string of the molecule is CC1CCC(=O)N(c2ccc(-c3cccc(C4CCC(=O)NC4=O)c3Cl)cc2)C1. The number of hydrogen-bond donors (Lipinski definition) is 1. The first-order chi connectivity index (χ1) is 13.9. The van der Waals surface area contributed by atoms with Crippen molar-refractivity contribution in [3.05, 3.63) is 53.1 Å². The maximum absolute atomic E-state index is 12.3. The van der Waals surface area contributed by atoms with Gasteiger partial charge in [-0.05, 0) is 42.0 Å². The monoisotopic (exact) mass is 410 g/mol. The van der Waals surface area contributed by atoms with E-state index >= 15 is 0 Å². The van der Waals surface area contributed by atoms with Gasteiger partial charge in [-0.1, -0.05) is 48.9 Å². The molecule has 3 amide bonds. The summed E-state index contributed by atoms with van der Waals surface area (Å²) < 4.78 is 0. The van der Waals surface area contributed by atoms with Crippen LogP contribution >= 0.6 is 11.6 Å². The van der Waals surface area contributed by atoms with E-state index in [1.54, 1.807) is 0 Å². The molecule has 0 aromatic heterocycles. The molecule has 2 unspecified atom stereocenters. The normalized spacial score (nSPS) is 22.6.